The van der Waals surface area contributed by atoms with Gasteiger partial charge in [0.15, 0.2) is 0 Å². The van der Waals surface area contributed by atoms with E-state index >= 15 is 0 Å². The van der Waals surface area contributed by atoms with Crippen LogP contribution in [-0.4, -0.2) is 34.1 Å². The van der Waals surface area contributed by atoms with Gasteiger partial charge in [-0.1, -0.05) is 5.21 Å². The number of aromatic nitrogens is 3. The van der Waals surface area contributed by atoms with E-state index in [0.29, 0.717) is 0 Å². The third-order valence-electron chi connectivity index (χ3n) is 1.85. The summed E-state index contributed by atoms with van der Waals surface area (Å²) in [6.07, 6.45) is 3.17. The van der Waals surface area contributed by atoms with E-state index < -0.39 is 12.0 Å². The minimum Gasteiger partial charge on any atom is -0.468 e. The maximum atomic E-state index is 11.0. The summed E-state index contributed by atoms with van der Waals surface area (Å²) in [6, 6.07) is -0.971. The molecule has 0 saturated heterocycles. The summed E-state index contributed by atoms with van der Waals surface area (Å²) in [5.41, 5.74) is 5.60. The lowest BCUT2D eigenvalue weighted by atomic mass is 10.1. The van der Waals surface area contributed by atoms with Gasteiger partial charge in [-0.3, -0.25) is 4.79 Å². The van der Waals surface area contributed by atoms with Crippen LogP contribution >= 0.6 is 0 Å². The minimum atomic E-state index is -0.716. The highest BCUT2D eigenvalue weighted by Crippen LogP contribution is 2.07. The Kier molecular flexibility index (Phi) is 2.97. The zero-order valence-corrected chi connectivity index (χ0v) is 7.54. The first kappa shape index (κ1) is 9.66. The lowest BCUT2D eigenvalue weighted by Crippen LogP contribution is -2.39. The summed E-state index contributed by atoms with van der Waals surface area (Å²) in [4.78, 5) is 11.0. The van der Waals surface area contributed by atoms with E-state index in [2.05, 4.69) is 15.0 Å². The van der Waals surface area contributed by atoms with Crippen LogP contribution in [0.5, 0.6) is 0 Å². The van der Waals surface area contributed by atoms with Gasteiger partial charge >= 0.3 is 5.97 Å². The number of carbonyl (C=O) groups excluding carboxylic acids is 1. The molecule has 0 amide bonds. The number of methoxy groups -OCH3 is 1. The van der Waals surface area contributed by atoms with E-state index in [1.165, 1.54) is 18.0 Å². The van der Waals surface area contributed by atoms with Gasteiger partial charge in [-0.2, -0.15) is 0 Å². The van der Waals surface area contributed by atoms with Crippen molar-refractivity contribution in [3.05, 3.63) is 12.4 Å². The molecule has 0 fully saturated rings. The Morgan fingerprint density at radius 3 is 2.85 bits per heavy atom. The Bertz CT molecular complexity index is 272. The molecule has 1 aromatic heterocycles. The molecular weight excluding hydrogens is 172 g/mol. The predicted octanol–water partition coefficient (Wildman–Crippen LogP) is -0.661. The predicted molar refractivity (Wildman–Crippen MR) is 44.7 cm³/mol. The number of ether oxygens (including phenoxy) is 1. The molecular formula is C7H12N4O2. The zero-order valence-electron chi connectivity index (χ0n) is 7.54. The minimum absolute atomic E-state index is 0.255. The average Bonchev–Trinajstić information content (AvgIpc) is 2.67. The molecule has 0 aliphatic heterocycles. The van der Waals surface area contributed by atoms with Crippen molar-refractivity contribution < 1.29 is 9.53 Å². The number of rotatable bonds is 3. The molecule has 0 aliphatic carbocycles. The van der Waals surface area contributed by atoms with Crippen LogP contribution in [0, 0.1) is 0 Å². The van der Waals surface area contributed by atoms with Gasteiger partial charge in [-0.05, 0) is 6.92 Å². The van der Waals surface area contributed by atoms with E-state index in [1.807, 2.05) is 0 Å². The van der Waals surface area contributed by atoms with Crippen LogP contribution in [0.25, 0.3) is 0 Å². The Morgan fingerprint density at radius 1 is 1.69 bits per heavy atom. The van der Waals surface area contributed by atoms with Crippen LogP contribution in [-0.2, 0) is 9.53 Å². The lowest BCUT2D eigenvalue weighted by molar-refractivity contribution is -0.143. The van der Waals surface area contributed by atoms with Crippen molar-refractivity contribution in [2.45, 2.75) is 19.0 Å². The van der Waals surface area contributed by atoms with Crippen molar-refractivity contribution in [2.75, 3.05) is 7.11 Å². The van der Waals surface area contributed by atoms with Crippen LogP contribution in [0.3, 0.4) is 0 Å². The monoisotopic (exact) mass is 184 g/mol. The van der Waals surface area contributed by atoms with E-state index in [4.69, 9.17) is 5.73 Å². The molecule has 2 unspecified atom stereocenters. The van der Waals surface area contributed by atoms with Gasteiger partial charge in [0, 0.05) is 6.20 Å². The third-order valence-corrected chi connectivity index (χ3v) is 1.85. The molecule has 13 heavy (non-hydrogen) atoms. The maximum absolute atomic E-state index is 11.0. The first-order valence-electron chi connectivity index (χ1n) is 3.86. The van der Waals surface area contributed by atoms with E-state index in [-0.39, 0.29) is 6.04 Å². The van der Waals surface area contributed by atoms with Crippen LogP contribution in [0.4, 0.5) is 0 Å². The molecule has 0 spiro atoms. The molecule has 1 heterocycles. The standard InChI is InChI=1S/C7H12N4O2/c1-5(6(8)7(12)13-2)11-4-3-9-10-11/h3-6H,8H2,1-2H3. The number of carbonyl (C=O) groups is 1. The third kappa shape index (κ3) is 2.03. The first-order valence-corrected chi connectivity index (χ1v) is 3.86. The highest BCUT2D eigenvalue weighted by Gasteiger charge is 2.23. The van der Waals surface area contributed by atoms with Gasteiger partial charge in [-0.25, -0.2) is 4.68 Å². The molecule has 6 heteroatoms. The normalized spacial score (nSPS) is 15.0. The fourth-order valence-corrected chi connectivity index (χ4v) is 0.932. The van der Waals surface area contributed by atoms with Gasteiger partial charge < -0.3 is 10.5 Å². The fourth-order valence-electron chi connectivity index (χ4n) is 0.932. The lowest BCUT2D eigenvalue weighted by Gasteiger charge is -2.16. The van der Waals surface area contributed by atoms with Crippen LogP contribution in [0.1, 0.15) is 13.0 Å². The fraction of sp³-hybridized carbons (Fsp3) is 0.571. The number of nitrogens with two attached hydrogens (primary N) is 1. The van der Waals surface area contributed by atoms with Gasteiger partial charge in [0.05, 0.1) is 19.3 Å². The second-order valence-corrected chi connectivity index (χ2v) is 2.67. The largest absolute Gasteiger partial charge is 0.468 e. The van der Waals surface area contributed by atoms with Gasteiger partial charge in [0.2, 0.25) is 0 Å². The molecule has 72 valence electrons. The first-order chi connectivity index (χ1) is 6.16. The number of hydrogen-bond donors (Lipinski definition) is 1. The SMILES string of the molecule is COC(=O)C(N)C(C)n1ccnn1. The Morgan fingerprint density at radius 2 is 2.38 bits per heavy atom. The Hall–Kier alpha value is -1.43. The number of nitrogens with zero attached hydrogens (tertiary/aromatic N) is 3. The second-order valence-electron chi connectivity index (χ2n) is 2.67. The summed E-state index contributed by atoms with van der Waals surface area (Å²) in [5, 5.41) is 7.35. The maximum Gasteiger partial charge on any atom is 0.324 e. The van der Waals surface area contributed by atoms with Crippen molar-refractivity contribution in [3.63, 3.8) is 0 Å². The van der Waals surface area contributed by atoms with Crippen LogP contribution in [0.15, 0.2) is 12.4 Å². The van der Waals surface area contributed by atoms with E-state index in [9.17, 15) is 4.79 Å². The summed E-state index contributed by atoms with van der Waals surface area (Å²) in [5.74, 6) is -0.456. The highest BCUT2D eigenvalue weighted by atomic mass is 16.5. The van der Waals surface area contributed by atoms with Crippen LogP contribution < -0.4 is 5.73 Å². The molecule has 0 bridgehead atoms. The molecule has 0 radical (unpaired) electrons. The molecule has 1 aromatic rings. The van der Waals surface area contributed by atoms with Crippen molar-refractivity contribution in [1.29, 1.82) is 0 Å². The average molecular weight is 184 g/mol. The topological polar surface area (TPSA) is 83.0 Å². The molecule has 0 saturated carbocycles. The Balaban J connectivity index is 2.68. The van der Waals surface area contributed by atoms with Crippen molar-refractivity contribution in [1.82, 2.24) is 15.0 Å². The molecule has 2 N–H and O–H groups in total. The van der Waals surface area contributed by atoms with E-state index in [1.54, 1.807) is 13.1 Å². The second kappa shape index (κ2) is 3.99. The van der Waals surface area contributed by atoms with Gasteiger partial charge in [0.25, 0.3) is 0 Å². The molecule has 1 rings (SSSR count). The van der Waals surface area contributed by atoms with Crippen molar-refractivity contribution in [3.8, 4) is 0 Å². The van der Waals surface area contributed by atoms with E-state index in [0.717, 1.165) is 0 Å². The van der Waals surface area contributed by atoms with Gasteiger partial charge in [0.1, 0.15) is 6.04 Å². The molecule has 0 aromatic carbocycles. The quantitative estimate of drug-likeness (QED) is 0.630. The number of esters is 1. The zero-order chi connectivity index (χ0) is 9.84. The number of hydrogen-bond acceptors (Lipinski definition) is 5. The summed E-state index contributed by atoms with van der Waals surface area (Å²) in [7, 11) is 1.30. The molecule has 6 nitrogen and oxygen atoms in total. The summed E-state index contributed by atoms with van der Waals surface area (Å²) >= 11 is 0. The van der Waals surface area contributed by atoms with Crippen LogP contribution in [0.2, 0.25) is 0 Å². The van der Waals surface area contributed by atoms with Crippen molar-refractivity contribution >= 4 is 5.97 Å². The van der Waals surface area contributed by atoms with Crippen molar-refractivity contribution in [2.24, 2.45) is 5.73 Å². The van der Waals surface area contributed by atoms with Gasteiger partial charge in [-0.15, -0.1) is 5.10 Å². The Labute approximate surface area is 75.7 Å². The molecule has 0 aliphatic rings. The summed E-state index contributed by atoms with van der Waals surface area (Å²) in [6.45, 7) is 1.77. The highest BCUT2D eigenvalue weighted by molar-refractivity contribution is 5.75. The molecule has 2 atom stereocenters. The smallest absolute Gasteiger partial charge is 0.324 e. The summed E-state index contributed by atoms with van der Waals surface area (Å²) < 4.78 is 6.02.